The van der Waals surface area contributed by atoms with E-state index in [0.29, 0.717) is 43.2 Å². The number of carbonyl (C=O) groups is 1. The van der Waals surface area contributed by atoms with Gasteiger partial charge in [-0.3, -0.25) is 9.10 Å². The van der Waals surface area contributed by atoms with Crippen molar-refractivity contribution in [3.05, 3.63) is 77.1 Å². The number of fused-ring (bicyclic) bond motifs is 1. The van der Waals surface area contributed by atoms with E-state index in [9.17, 15) is 30.8 Å². The van der Waals surface area contributed by atoms with Gasteiger partial charge in [0.2, 0.25) is 0 Å². The first-order chi connectivity index (χ1) is 19.2. The summed E-state index contributed by atoms with van der Waals surface area (Å²) in [5.74, 6) is -1.10. The van der Waals surface area contributed by atoms with Crippen LogP contribution in [0.15, 0.2) is 65.6 Å². The Bertz CT molecular complexity index is 1540. The molecule has 2 aliphatic heterocycles. The van der Waals surface area contributed by atoms with E-state index in [1.807, 2.05) is 0 Å². The van der Waals surface area contributed by atoms with Gasteiger partial charge in [-0.2, -0.15) is 13.2 Å². The molecular formula is C28H26ClF4NO6S. The number of hydrogen-bond acceptors (Lipinski definition) is 5. The van der Waals surface area contributed by atoms with Crippen LogP contribution in [-0.4, -0.2) is 45.9 Å². The number of halogens is 5. The lowest BCUT2D eigenvalue weighted by molar-refractivity contribution is -0.153. The maximum atomic E-state index is 13.9. The van der Waals surface area contributed by atoms with Gasteiger partial charge in [-0.25, -0.2) is 12.8 Å². The third-order valence-corrected chi connectivity index (χ3v) is 9.10. The van der Waals surface area contributed by atoms with Gasteiger partial charge in [0.05, 0.1) is 33.1 Å². The van der Waals surface area contributed by atoms with Gasteiger partial charge in [0.25, 0.3) is 10.0 Å². The quantitative estimate of drug-likeness (QED) is 0.331. The Kier molecular flexibility index (Phi) is 8.86. The summed E-state index contributed by atoms with van der Waals surface area (Å²) in [4.78, 5) is 10.1. The minimum absolute atomic E-state index is 0.0191. The maximum absolute atomic E-state index is 13.9. The number of alkyl halides is 3. The van der Waals surface area contributed by atoms with Crippen LogP contribution in [0.4, 0.5) is 23.2 Å². The van der Waals surface area contributed by atoms with Crippen molar-refractivity contribution < 1.29 is 45.4 Å². The molecule has 1 N–H and O–H groups in total. The summed E-state index contributed by atoms with van der Waals surface area (Å²) in [6.07, 6.45) is -3.40. The molecule has 3 aromatic carbocycles. The number of benzene rings is 3. The molecule has 3 aromatic rings. The van der Waals surface area contributed by atoms with Crippen LogP contribution >= 0.6 is 11.6 Å². The fourth-order valence-corrected chi connectivity index (χ4v) is 6.07. The molecule has 0 aliphatic carbocycles. The summed E-state index contributed by atoms with van der Waals surface area (Å²) < 4.78 is 91.1. The molecule has 7 nitrogen and oxygen atoms in total. The van der Waals surface area contributed by atoms with Crippen LogP contribution in [0.2, 0.25) is 5.02 Å². The Morgan fingerprint density at radius 2 is 1.71 bits per heavy atom. The van der Waals surface area contributed by atoms with Crippen molar-refractivity contribution in [1.29, 1.82) is 0 Å². The highest BCUT2D eigenvalue weighted by Gasteiger charge is 2.36. The van der Waals surface area contributed by atoms with E-state index >= 15 is 0 Å². The zero-order valence-corrected chi connectivity index (χ0v) is 23.3. The van der Waals surface area contributed by atoms with Gasteiger partial charge in [-0.05, 0) is 61.7 Å². The summed E-state index contributed by atoms with van der Waals surface area (Å²) >= 11 is 6.05. The Morgan fingerprint density at radius 3 is 2.34 bits per heavy atom. The fraction of sp³-hybridized carbons (Fsp3) is 0.321. The minimum atomic E-state index is -4.68. The monoisotopic (exact) mass is 615 g/mol. The van der Waals surface area contributed by atoms with Gasteiger partial charge in [0, 0.05) is 18.8 Å². The molecule has 0 aromatic heterocycles. The predicted molar refractivity (Wildman–Crippen MR) is 144 cm³/mol. The van der Waals surface area contributed by atoms with Gasteiger partial charge in [0.1, 0.15) is 18.2 Å². The Balaban J connectivity index is 0.000000328. The average Bonchev–Trinajstić information content (AvgIpc) is 2.94. The molecule has 0 amide bonds. The highest BCUT2D eigenvalue weighted by Crippen LogP contribution is 2.41. The van der Waals surface area contributed by atoms with E-state index in [2.05, 4.69) is 0 Å². The highest BCUT2D eigenvalue weighted by molar-refractivity contribution is 7.92. The minimum Gasteiger partial charge on any atom is -0.489 e. The Morgan fingerprint density at radius 1 is 1.02 bits per heavy atom. The van der Waals surface area contributed by atoms with Crippen molar-refractivity contribution in [3.8, 4) is 16.9 Å². The van der Waals surface area contributed by atoms with Crippen molar-refractivity contribution in [2.45, 2.75) is 30.8 Å². The molecule has 1 saturated heterocycles. The van der Waals surface area contributed by atoms with Gasteiger partial charge in [-0.1, -0.05) is 35.9 Å². The molecule has 2 aliphatic rings. The molecule has 41 heavy (non-hydrogen) atoms. The second-order valence-electron chi connectivity index (χ2n) is 9.71. The maximum Gasteiger partial charge on any atom is 0.416 e. The van der Waals surface area contributed by atoms with Crippen LogP contribution in [0, 0.1) is 11.2 Å². The molecule has 13 heteroatoms. The first kappa shape index (κ1) is 30.6. The normalized spacial score (nSPS) is 16.6. The summed E-state index contributed by atoms with van der Waals surface area (Å²) in [6, 6.07) is 12.3. The number of sulfonamides is 1. The van der Waals surface area contributed by atoms with Crippen LogP contribution in [0.25, 0.3) is 11.1 Å². The van der Waals surface area contributed by atoms with E-state index in [-0.39, 0.29) is 29.6 Å². The van der Waals surface area contributed by atoms with Crippen molar-refractivity contribution in [1.82, 2.24) is 0 Å². The second-order valence-corrected chi connectivity index (χ2v) is 12.0. The van der Waals surface area contributed by atoms with Crippen molar-refractivity contribution in [3.63, 3.8) is 0 Å². The van der Waals surface area contributed by atoms with E-state index in [4.69, 9.17) is 26.2 Å². The van der Waals surface area contributed by atoms with E-state index in [1.54, 1.807) is 19.1 Å². The smallest absolute Gasteiger partial charge is 0.416 e. The third-order valence-electron chi connectivity index (χ3n) is 6.90. The molecular weight excluding hydrogens is 590 g/mol. The van der Waals surface area contributed by atoms with Crippen LogP contribution < -0.4 is 9.04 Å². The van der Waals surface area contributed by atoms with E-state index in [0.717, 1.165) is 22.5 Å². The van der Waals surface area contributed by atoms with Gasteiger partial charge in [0.15, 0.2) is 0 Å². The molecule has 220 valence electrons. The molecule has 0 radical (unpaired) electrons. The SMILES string of the molecule is CC1(C(=O)O)CCOCC1.O=S(=O)(c1cccc(C(F)(F)F)c1)N1CCOc2ccc(-c3cccc(F)c3Cl)cc21. The first-order valence-electron chi connectivity index (χ1n) is 12.5. The van der Waals surface area contributed by atoms with E-state index in [1.165, 1.54) is 24.3 Å². The van der Waals surface area contributed by atoms with Crippen molar-refractivity contribution in [2.75, 3.05) is 30.7 Å². The van der Waals surface area contributed by atoms with Gasteiger partial charge < -0.3 is 14.6 Å². The highest BCUT2D eigenvalue weighted by atomic mass is 35.5. The van der Waals surface area contributed by atoms with E-state index < -0.39 is 43.9 Å². The zero-order chi connectivity index (χ0) is 30.0. The number of aliphatic carboxylic acids is 1. The number of anilines is 1. The number of carboxylic acid groups (broad SMARTS) is 1. The molecule has 1 fully saturated rings. The van der Waals surface area contributed by atoms with Crippen molar-refractivity contribution >= 4 is 33.3 Å². The van der Waals surface area contributed by atoms with Crippen LogP contribution in [0.5, 0.6) is 5.75 Å². The number of rotatable bonds is 4. The average molecular weight is 616 g/mol. The van der Waals surface area contributed by atoms with Crippen LogP contribution in [0.1, 0.15) is 25.3 Å². The molecule has 0 spiro atoms. The molecule has 0 saturated carbocycles. The Hall–Kier alpha value is -3.35. The largest absolute Gasteiger partial charge is 0.489 e. The topological polar surface area (TPSA) is 93.1 Å². The summed E-state index contributed by atoms with van der Waals surface area (Å²) in [5, 5.41) is 8.61. The predicted octanol–water partition coefficient (Wildman–Crippen LogP) is 6.64. The number of carboxylic acids is 1. The molecule has 0 bridgehead atoms. The summed E-state index contributed by atoms with van der Waals surface area (Å²) in [7, 11) is -4.33. The lowest BCUT2D eigenvalue weighted by Crippen LogP contribution is -2.38. The summed E-state index contributed by atoms with van der Waals surface area (Å²) in [6.45, 7) is 2.86. The zero-order valence-electron chi connectivity index (χ0n) is 21.7. The standard InChI is InChI=1S/C21H14ClF4NO3S.C7H12O3/c22-20-16(5-2-6-17(20)23)13-7-8-19-18(11-13)27(9-10-30-19)31(28,29)15-4-1-3-14(12-15)21(24,25)26;1-7(6(8)9)2-4-10-5-3-7/h1-8,11-12H,9-10H2;2-5H2,1H3,(H,8,9). The fourth-order valence-electron chi connectivity index (χ4n) is 4.33. The molecule has 0 atom stereocenters. The van der Waals surface area contributed by atoms with Crippen molar-refractivity contribution in [2.24, 2.45) is 5.41 Å². The lowest BCUT2D eigenvalue weighted by atomic mass is 9.83. The Labute approximate surface area is 239 Å². The number of nitrogens with zero attached hydrogens (tertiary/aromatic N) is 1. The molecule has 5 rings (SSSR count). The number of ether oxygens (including phenoxy) is 2. The van der Waals surface area contributed by atoms with Gasteiger partial charge >= 0.3 is 12.1 Å². The first-order valence-corrected chi connectivity index (χ1v) is 14.3. The van der Waals surface area contributed by atoms with Crippen LogP contribution in [0.3, 0.4) is 0 Å². The molecule has 2 heterocycles. The molecule has 0 unspecified atom stereocenters. The number of hydrogen-bond donors (Lipinski definition) is 1. The lowest BCUT2D eigenvalue weighted by Gasteiger charge is -2.31. The second kappa shape index (κ2) is 11.9. The van der Waals surface area contributed by atoms with Gasteiger partial charge in [-0.15, -0.1) is 0 Å². The summed E-state index contributed by atoms with van der Waals surface area (Å²) in [5.41, 5.74) is -0.702. The van der Waals surface area contributed by atoms with Crippen LogP contribution in [-0.2, 0) is 25.7 Å². The third kappa shape index (κ3) is 6.60.